The summed E-state index contributed by atoms with van der Waals surface area (Å²) in [5, 5.41) is 0.888. The molecule has 14 heteroatoms. The van der Waals surface area contributed by atoms with Crippen LogP contribution >= 0.6 is 62.2 Å². The van der Waals surface area contributed by atoms with Gasteiger partial charge >= 0.3 is 6.18 Å². The van der Waals surface area contributed by atoms with Crippen LogP contribution in [-0.2, 0) is 16.2 Å². The van der Waals surface area contributed by atoms with Gasteiger partial charge in [-0.05, 0) is 65.8 Å². The van der Waals surface area contributed by atoms with E-state index in [-0.39, 0.29) is 9.90 Å². The molecule has 0 unspecified atom stereocenters. The van der Waals surface area contributed by atoms with Gasteiger partial charge in [0.25, 0.3) is 10.0 Å². The number of likely N-dealkylation sites (tertiary alicyclic amines) is 1. The number of alkyl halides is 3. The first-order valence-electron chi connectivity index (χ1n) is 10.3. The van der Waals surface area contributed by atoms with Crippen molar-refractivity contribution >= 4 is 77.9 Å². The highest BCUT2D eigenvalue weighted by molar-refractivity contribution is 9.10. The number of nitrogens with zero attached hydrogens (tertiary/aromatic N) is 1. The van der Waals surface area contributed by atoms with Gasteiger partial charge in [0.05, 0.1) is 19.9 Å². The van der Waals surface area contributed by atoms with Gasteiger partial charge in [0, 0.05) is 34.1 Å². The highest BCUT2D eigenvalue weighted by Gasteiger charge is 2.36. The fraction of sp³-hybridized carbons (Fsp3) is 0.273. The van der Waals surface area contributed by atoms with E-state index < -0.39 is 33.6 Å². The first-order chi connectivity index (χ1) is 16.8. The molecule has 1 N–H and O–H groups in total. The molecular formula is C22H18BrCl2F3N2O3S3. The van der Waals surface area contributed by atoms with E-state index in [0.29, 0.717) is 38.2 Å². The molecule has 1 aromatic heterocycles. The number of hydrogen-bond acceptors (Lipinski definition) is 6. The second-order valence-electron chi connectivity index (χ2n) is 8.01. The normalized spacial score (nSPS) is 16.9. The highest BCUT2D eigenvalue weighted by Crippen LogP contribution is 2.43. The van der Waals surface area contributed by atoms with E-state index in [1.165, 1.54) is 11.8 Å². The molecule has 194 valence electrons. The Morgan fingerprint density at radius 2 is 1.86 bits per heavy atom. The number of benzene rings is 2. The van der Waals surface area contributed by atoms with Crippen molar-refractivity contribution in [2.45, 2.75) is 32.0 Å². The van der Waals surface area contributed by atoms with Crippen LogP contribution in [0.1, 0.15) is 12.0 Å². The number of sulfonamides is 1. The summed E-state index contributed by atoms with van der Waals surface area (Å²) in [6, 6.07) is 9.58. The van der Waals surface area contributed by atoms with Crippen molar-refractivity contribution in [1.82, 2.24) is 4.90 Å². The van der Waals surface area contributed by atoms with E-state index in [9.17, 15) is 21.6 Å². The van der Waals surface area contributed by atoms with Crippen LogP contribution in [0.5, 0.6) is 5.75 Å². The van der Waals surface area contributed by atoms with Crippen LogP contribution in [0.2, 0.25) is 10.0 Å². The lowest BCUT2D eigenvalue weighted by Crippen LogP contribution is -2.23. The maximum absolute atomic E-state index is 13.6. The Balaban J connectivity index is 1.58. The second-order valence-corrected chi connectivity index (χ2v) is 14.0. The molecule has 1 aliphatic rings. The molecule has 0 amide bonds. The van der Waals surface area contributed by atoms with E-state index in [1.54, 1.807) is 24.3 Å². The summed E-state index contributed by atoms with van der Waals surface area (Å²) in [7, 11) is -2.27. The van der Waals surface area contributed by atoms with Crippen molar-refractivity contribution in [2.24, 2.45) is 0 Å². The minimum atomic E-state index is -4.65. The molecule has 1 fully saturated rings. The third-order valence-corrected chi connectivity index (χ3v) is 10.8. The maximum Gasteiger partial charge on any atom is 0.419 e. The average Bonchev–Trinajstić information content (AvgIpc) is 3.31. The standard InChI is InChI=1S/C22H18BrCl2F3N2O3S3/c1-30-5-4-15(11-30)33-19-9-14(2-3-17(19)22(26,27)28)29-36(31,32)21-18(23)10-20(35-21)34-16-7-12(24)6-13(25)8-16/h2-3,6-10,15,29H,4-5,11H2,1H3/t15-/m1/s1. The number of anilines is 1. The molecule has 0 spiro atoms. The van der Waals surface area contributed by atoms with Gasteiger partial charge in [-0.15, -0.1) is 11.3 Å². The van der Waals surface area contributed by atoms with Crippen molar-refractivity contribution in [3.8, 4) is 5.75 Å². The largest absolute Gasteiger partial charge is 0.488 e. The Bertz CT molecular complexity index is 1370. The van der Waals surface area contributed by atoms with Crippen LogP contribution in [0.3, 0.4) is 0 Å². The summed E-state index contributed by atoms with van der Waals surface area (Å²) in [6.07, 6.45) is -4.50. The zero-order valence-electron chi connectivity index (χ0n) is 18.4. The van der Waals surface area contributed by atoms with Gasteiger partial charge in [-0.2, -0.15) is 13.2 Å². The molecule has 5 nitrogen and oxygen atoms in total. The third-order valence-electron chi connectivity index (χ3n) is 5.11. The van der Waals surface area contributed by atoms with Crippen molar-refractivity contribution in [2.75, 3.05) is 24.9 Å². The summed E-state index contributed by atoms with van der Waals surface area (Å²) in [4.78, 5) is 2.67. The van der Waals surface area contributed by atoms with Crippen LogP contribution in [0, 0.1) is 0 Å². The summed E-state index contributed by atoms with van der Waals surface area (Å²) in [6.45, 7) is 1.18. The highest BCUT2D eigenvalue weighted by atomic mass is 79.9. The number of nitrogens with one attached hydrogen (secondary N) is 1. The quantitative estimate of drug-likeness (QED) is 0.279. The lowest BCUT2D eigenvalue weighted by atomic mass is 10.1. The topological polar surface area (TPSA) is 58.6 Å². The average molecular weight is 662 g/mol. The maximum atomic E-state index is 13.6. The number of thiophene rings is 1. The van der Waals surface area contributed by atoms with Gasteiger partial charge in [0.15, 0.2) is 4.21 Å². The number of ether oxygens (including phenoxy) is 1. The molecule has 36 heavy (non-hydrogen) atoms. The van der Waals surface area contributed by atoms with Gasteiger partial charge in [-0.25, -0.2) is 8.42 Å². The third kappa shape index (κ3) is 6.83. The molecule has 0 bridgehead atoms. The van der Waals surface area contributed by atoms with Crippen molar-refractivity contribution in [3.05, 3.63) is 62.5 Å². The van der Waals surface area contributed by atoms with Crippen molar-refractivity contribution in [1.29, 1.82) is 0 Å². The monoisotopic (exact) mass is 660 g/mol. The lowest BCUT2D eigenvalue weighted by Gasteiger charge is -2.19. The number of rotatable bonds is 7. The predicted octanol–water partition coefficient (Wildman–Crippen LogP) is 7.87. The molecule has 4 rings (SSSR count). The summed E-state index contributed by atoms with van der Waals surface area (Å²) in [5.74, 6) is -0.415. The Hall–Kier alpha value is -1.15. The van der Waals surface area contributed by atoms with E-state index in [0.717, 1.165) is 34.4 Å². The number of halogens is 6. The van der Waals surface area contributed by atoms with Gasteiger partial charge in [-0.1, -0.05) is 35.0 Å². The summed E-state index contributed by atoms with van der Waals surface area (Å²) >= 11 is 17.6. The van der Waals surface area contributed by atoms with Gasteiger partial charge < -0.3 is 9.64 Å². The Kier molecular flexibility index (Phi) is 8.45. The zero-order chi connectivity index (χ0) is 26.3. The van der Waals surface area contributed by atoms with Crippen LogP contribution in [0.4, 0.5) is 18.9 Å². The molecule has 0 aliphatic carbocycles. The van der Waals surface area contributed by atoms with Crippen LogP contribution in [0.25, 0.3) is 0 Å². The van der Waals surface area contributed by atoms with Crippen molar-refractivity contribution in [3.63, 3.8) is 0 Å². The summed E-state index contributed by atoms with van der Waals surface area (Å²) < 4.78 is 75.9. The summed E-state index contributed by atoms with van der Waals surface area (Å²) in [5.41, 5.74) is -1.00. The first-order valence-corrected chi connectivity index (χ1v) is 15.0. The Labute approximate surface area is 233 Å². The number of hydrogen-bond donors (Lipinski definition) is 1. The van der Waals surface area contributed by atoms with Gasteiger partial charge in [-0.3, -0.25) is 4.72 Å². The molecule has 0 saturated carbocycles. The van der Waals surface area contributed by atoms with E-state index in [4.69, 9.17) is 27.9 Å². The first kappa shape index (κ1) is 27.9. The predicted molar refractivity (Wildman–Crippen MR) is 141 cm³/mol. The molecular weight excluding hydrogens is 644 g/mol. The second kappa shape index (κ2) is 10.9. The number of likely N-dealkylation sites (N-methyl/N-ethyl adjacent to an activating group) is 1. The molecule has 2 heterocycles. The van der Waals surface area contributed by atoms with Gasteiger partial charge in [0.2, 0.25) is 0 Å². The molecule has 1 atom stereocenters. The van der Waals surface area contributed by atoms with Crippen molar-refractivity contribution < 1.29 is 26.3 Å². The fourth-order valence-electron chi connectivity index (χ4n) is 3.56. The minimum Gasteiger partial charge on any atom is -0.488 e. The Morgan fingerprint density at radius 1 is 1.17 bits per heavy atom. The van der Waals surface area contributed by atoms with E-state index in [1.807, 2.05) is 11.9 Å². The fourth-order valence-corrected chi connectivity index (χ4v) is 9.47. The van der Waals surface area contributed by atoms with Crippen LogP contribution in [-0.4, -0.2) is 39.6 Å². The molecule has 1 saturated heterocycles. The smallest absolute Gasteiger partial charge is 0.419 e. The van der Waals surface area contributed by atoms with E-state index >= 15 is 0 Å². The molecule has 1 aliphatic heterocycles. The van der Waals surface area contributed by atoms with Gasteiger partial charge in [0.1, 0.15) is 11.9 Å². The van der Waals surface area contributed by atoms with E-state index in [2.05, 4.69) is 20.7 Å². The minimum absolute atomic E-state index is 0.0297. The Morgan fingerprint density at radius 3 is 2.47 bits per heavy atom. The molecule has 3 aromatic rings. The lowest BCUT2D eigenvalue weighted by molar-refractivity contribution is -0.139. The van der Waals surface area contributed by atoms with Crippen LogP contribution in [0.15, 0.2) is 60.3 Å². The zero-order valence-corrected chi connectivity index (χ0v) is 24.0. The molecule has 0 radical (unpaired) electrons. The SMILES string of the molecule is CN1CC[C@@H](Oc2cc(NS(=O)(=O)c3sc(Sc4cc(Cl)cc(Cl)c4)cc3Br)ccc2C(F)(F)F)C1. The molecule has 2 aromatic carbocycles. The van der Waals surface area contributed by atoms with Crippen LogP contribution < -0.4 is 9.46 Å².